The van der Waals surface area contributed by atoms with Crippen LogP contribution in [0, 0.1) is 6.92 Å². The summed E-state index contributed by atoms with van der Waals surface area (Å²) in [6.45, 7) is 3.15. The molecule has 0 spiro atoms. The van der Waals surface area contributed by atoms with Crippen LogP contribution in [0.3, 0.4) is 0 Å². The number of hydrogen-bond acceptors (Lipinski definition) is 5. The third-order valence-electron chi connectivity index (χ3n) is 5.98. The van der Waals surface area contributed by atoms with E-state index in [1.54, 1.807) is 12.3 Å². The number of likely N-dealkylation sites (tertiary alicyclic amines) is 1. The van der Waals surface area contributed by atoms with E-state index in [2.05, 4.69) is 4.98 Å². The van der Waals surface area contributed by atoms with Crippen LogP contribution in [0.2, 0.25) is 5.02 Å². The number of carbonyl (C=O) groups excluding carboxylic acids is 1. The lowest BCUT2D eigenvalue weighted by Gasteiger charge is -2.33. The summed E-state index contributed by atoms with van der Waals surface area (Å²) < 4.78 is 1.47. The fourth-order valence-corrected chi connectivity index (χ4v) is 4.30. The summed E-state index contributed by atoms with van der Waals surface area (Å²) in [5.74, 6) is 0.655. The fourth-order valence-electron chi connectivity index (χ4n) is 4.17. The van der Waals surface area contributed by atoms with Crippen LogP contribution in [-0.2, 0) is 11.3 Å². The first-order valence-electron chi connectivity index (χ1n) is 11.1. The van der Waals surface area contributed by atoms with Crippen LogP contribution < -0.4 is 10.5 Å². The van der Waals surface area contributed by atoms with Crippen LogP contribution in [0.1, 0.15) is 30.0 Å². The maximum absolute atomic E-state index is 13.1. The number of piperidine rings is 1. The Morgan fingerprint density at radius 3 is 2.67 bits per heavy atom. The van der Waals surface area contributed by atoms with Gasteiger partial charge in [-0.3, -0.25) is 9.59 Å². The zero-order valence-corrected chi connectivity index (χ0v) is 19.9. The van der Waals surface area contributed by atoms with E-state index >= 15 is 0 Å². The molecule has 3 aromatic rings. The second kappa shape index (κ2) is 9.75. The highest BCUT2D eigenvalue weighted by Crippen LogP contribution is 2.34. The second-order valence-corrected chi connectivity index (χ2v) is 9.16. The second-order valence-electron chi connectivity index (χ2n) is 8.72. The standard InChI is InChI=1S/C25H28ClN5O2/c1-17-10-12-31(22(32)13-17)16-23(33)30-11-4-5-19(15-30)24-21(14-27-25(28-24)29(2)3)18-6-8-20(26)9-7-18/h6-10,12-14,19H,4-5,11,15-16H2,1-3H3/t19-/m0/s1. The van der Waals surface area contributed by atoms with Crippen molar-refractivity contribution in [2.24, 2.45) is 0 Å². The summed E-state index contributed by atoms with van der Waals surface area (Å²) in [4.78, 5) is 38.4. The Bertz CT molecular complexity index is 1210. The van der Waals surface area contributed by atoms with Crippen LogP contribution in [0.25, 0.3) is 11.1 Å². The summed E-state index contributed by atoms with van der Waals surface area (Å²) >= 11 is 6.09. The molecule has 33 heavy (non-hydrogen) atoms. The summed E-state index contributed by atoms with van der Waals surface area (Å²) in [5, 5.41) is 0.673. The largest absolute Gasteiger partial charge is 0.347 e. The van der Waals surface area contributed by atoms with Crippen LogP contribution in [-0.4, -0.2) is 52.5 Å². The number of aromatic nitrogens is 3. The maximum atomic E-state index is 13.1. The van der Waals surface area contributed by atoms with E-state index in [1.807, 2.05) is 67.3 Å². The average Bonchev–Trinajstić information content (AvgIpc) is 2.81. The highest BCUT2D eigenvalue weighted by molar-refractivity contribution is 6.30. The van der Waals surface area contributed by atoms with Gasteiger partial charge in [0.25, 0.3) is 5.56 Å². The summed E-state index contributed by atoms with van der Waals surface area (Å²) in [6, 6.07) is 11.0. The number of amides is 1. The predicted octanol–water partition coefficient (Wildman–Crippen LogP) is 3.74. The van der Waals surface area contributed by atoms with E-state index in [-0.39, 0.29) is 23.9 Å². The van der Waals surface area contributed by atoms with Crippen molar-refractivity contribution in [3.05, 3.63) is 75.4 Å². The Morgan fingerprint density at radius 2 is 1.97 bits per heavy atom. The van der Waals surface area contributed by atoms with Gasteiger partial charge in [-0.1, -0.05) is 23.7 Å². The van der Waals surface area contributed by atoms with Gasteiger partial charge in [0, 0.05) is 62.1 Å². The molecule has 1 saturated heterocycles. The van der Waals surface area contributed by atoms with E-state index in [1.165, 1.54) is 4.57 Å². The molecule has 8 heteroatoms. The number of aryl methyl sites for hydroxylation is 1. The van der Waals surface area contributed by atoms with Crippen molar-refractivity contribution in [2.75, 3.05) is 32.1 Å². The minimum Gasteiger partial charge on any atom is -0.347 e. The molecule has 0 aliphatic carbocycles. The van der Waals surface area contributed by atoms with Crippen molar-refractivity contribution >= 4 is 23.5 Å². The Hall–Kier alpha value is -3.19. The van der Waals surface area contributed by atoms with Gasteiger partial charge in [0.15, 0.2) is 0 Å². The Labute approximate surface area is 198 Å². The van der Waals surface area contributed by atoms with E-state index in [0.29, 0.717) is 24.1 Å². The molecule has 1 aliphatic rings. The SMILES string of the molecule is Cc1ccn(CC(=O)N2CCC[C@H](c3nc(N(C)C)ncc3-c3ccc(Cl)cc3)C2)c(=O)c1. The lowest BCUT2D eigenvalue weighted by Crippen LogP contribution is -2.42. The van der Waals surface area contributed by atoms with E-state index in [4.69, 9.17) is 16.6 Å². The molecule has 1 aliphatic heterocycles. The number of halogens is 1. The van der Waals surface area contributed by atoms with Gasteiger partial charge in [0.05, 0.1) is 5.69 Å². The smallest absolute Gasteiger partial charge is 0.251 e. The minimum atomic E-state index is -0.159. The Balaban J connectivity index is 1.61. The molecular weight excluding hydrogens is 438 g/mol. The number of nitrogens with zero attached hydrogens (tertiary/aromatic N) is 5. The molecule has 3 heterocycles. The lowest BCUT2D eigenvalue weighted by atomic mass is 9.90. The van der Waals surface area contributed by atoms with Crippen molar-refractivity contribution < 1.29 is 4.79 Å². The number of anilines is 1. The van der Waals surface area contributed by atoms with Crippen LogP contribution in [0.15, 0.2) is 53.6 Å². The first-order chi connectivity index (χ1) is 15.8. The Morgan fingerprint density at radius 1 is 1.21 bits per heavy atom. The maximum Gasteiger partial charge on any atom is 0.251 e. The zero-order chi connectivity index (χ0) is 23.5. The van der Waals surface area contributed by atoms with Crippen LogP contribution in [0.4, 0.5) is 5.95 Å². The summed E-state index contributed by atoms with van der Waals surface area (Å²) in [6.07, 6.45) is 5.34. The van der Waals surface area contributed by atoms with Gasteiger partial charge in [-0.15, -0.1) is 0 Å². The summed E-state index contributed by atoms with van der Waals surface area (Å²) in [7, 11) is 3.83. The zero-order valence-electron chi connectivity index (χ0n) is 19.2. The first kappa shape index (κ1) is 23.0. The van der Waals surface area contributed by atoms with Gasteiger partial charge < -0.3 is 14.4 Å². The van der Waals surface area contributed by atoms with Crippen molar-refractivity contribution in [1.82, 2.24) is 19.4 Å². The van der Waals surface area contributed by atoms with Crippen molar-refractivity contribution in [1.29, 1.82) is 0 Å². The van der Waals surface area contributed by atoms with Crippen molar-refractivity contribution in [3.8, 4) is 11.1 Å². The monoisotopic (exact) mass is 465 g/mol. The molecule has 0 saturated carbocycles. The number of hydrogen-bond donors (Lipinski definition) is 0. The number of pyridine rings is 1. The van der Waals surface area contributed by atoms with E-state index < -0.39 is 0 Å². The number of benzene rings is 1. The predicted molar refractivity (Wildman–Crippen MR) is 131 cm³/mol. The van der Waals surface area contributed by atoms with Gasteiger partial charge in [-0.2, -0.15) is 0 Å². The molecule has 1 fully saturated rings. The van der Waals surface area contributed by atoms with Gasteiger partial charge in [0.1, 0.15) is 6.54 Å². The molecule has 7 nitrogen and oxygen atoms in total. The fraction of sp³-hybridized carbons (Fsp3) is 0.360. The first-order valence-corrected chi connectivity index (χ1v) is 11.4. The molecule has 1 amide bonds. The van der Waals surface area contributed by atoms with Gasteiger partial charge >= 0.3 is 0 Å². The van der Waals surface area contributed by atoms with Gasteiger partial charge in [0.2, 0.25) is 11.9 Å². The quantitative estimate of drug-likeness (QED) is 0.574. The molecule has 1 aromatic carbocycles. The van der Waals surface area contributed by atoms with E-state index in [9.17, 15) is 9.59 Å². The molecule has 0 unspecified atom stereocenters. The number of rotatable bonds is 5. The highest BCUT2D eigenvalue weighted by atomic mass is 35.5. The molecule has 0 N–H and O–H groups in total. The summed E-state index contributed by atoms with van der Waals surface area (Å²) in [5.41, 5.74) is 3.60. The van der Waals surface area contributed by atoms with Gasteiger partial charge in [-0.25, -0.2) is 9.97 Å². The molecule has 0 bridgehead atoms. The molecular formula is C25H28ClN5O2. The van der Waals surface area contributed by atoms with Crippen LogP contribution in [0.5, 0.6) is 0 Å². The van der Waals surface area contributed by atoms with E-state index in [0.717, 1.165) is 35.2 Å². The molecule has 0 radical (unpaired) electrons. The molecule has 2 aromatic heterocycles. The molecule has 1 atom stereocenters. The number of carbonyl (C=O) groups is 1. The van der Waals surface area contributed by atoms with Gasteiger partial charge in [-0.05, 0) is 49.1 Å². The van der Waals surface area contributed by atoms with Crippen molar-refractivity contribution in [2.45, 2.75) is 32.2 Å². The van der Waals surface area contributed by atoms with Crippen molar-refractivity contribution in [3.63, 3.8) is 0 Å². The Kier molecular flexibility index (Phi) is 6.79. The topological polar surface area (TPSA) is 71.3 Å². The third-order valence-corrected chi connectivity index (χ3v) is 6.23. The lowest BCUT2D eigenvalue weighted by molar-refractivity contribution is -0.133. The molecule has 172 valence electrons. The highest BCUT2D eigenvalue weighted by Gasteiger charge is 2.28. The normalized spacial score (nSPS) is 16.0. The third kappa shape index (κ3) is 5.25. The molecule has 4 rings (SSSR count). The van der Waals surface area contributed by atoms with Crippen LogP contribution >= 0.6 is 11.6 Å². The average molecular weight is 466 g/mol. The minimum absolute atomic E-state index is 0.0442.